The topological polar surface area (TPSA) is 140 Å². The molecule has 0 unspecified atom stereocenters. The Kier molecular flexibility index (Phi) is 10.9. The van der Waals surface area contributed by atoms with Crippen LogP contribution in [0.15, 0.2) is 18.2 Å². The van der Waals surface area contributed by atoms with Gasteiger partial charge in [-0.25, -0.2) is 4.79 Å². The summed E-state index contributed by atoms with van der Waals surface area (Å²) in [5.74, 6) is -1.62. The highest BCUT2D eigenvalue weighted by Crippen LogP contribution is 2.33. The van der Waals surface area contributed by atoms with E-state index in [9.17, 15) is 19.2 Å². The van der Waals surface area contributed by atoms with Crippen LogP contribution in [-0.2, 0) is 35.0 Å². The Balaban J connectivity index is 2.94. The highest BCUT2D eigenvalue weighted by atomic mass is 16.7. The SMILES string of the molecule is CC(C)OC(=O)OC[C@H](C)OC(=O)[C@@H](N)Cc1ccc(OC(=O)C(C)(C)C)c(OC(=O)C(C)(C)C)c1. The number of nitrogens with two attached hydrogens (primary N) is 1. The van der Waals surface area contributed by atoms with E-state index in [2.05, 4.69) is 0 Å². The van der Waals surface area contributed by atoms with Crippen molar-refractivity contribution >= 4 is 24.1 Å². The van der Waals surface area contributed by atoms with Crippen molar-refractivity contribution in [1.29, 1.82) is 0 Å². The van der Waals surface area contributed by atoms with Crippen molar-refractivity contribution in [2.45, 2.75) is 87.0 Å². The van der Waals surface area contributed by atoms with Crippen LogP contribution >= 0.6 is 0 Å². The highest BCUT2D eigenvalue weighted by molar-refractivity contribution is 5.81. The molecule has 0 aliphatic rings. The van der Waals surface area contributed by atoms with Gasteiger partial charge in [0, 0.05) is 0 Å². The van der Waals surface area contributed by atoms with Gasteiger partial charge in [-0.1, -0.05) is 6.07 Å². The molecule has 0 bridgehead atoms. The van der Waals surface area contributed by atoms with Crippen molar-refractivity contribution in [3.05, 3.63) is 23.8 Å². The van der Waals surface area contributed by atoms with E-state index in [-0.39, 0.29) is 30.6 Å². The van der Waals surface area contributed by atoms with Crippen LogP contribution in [0.1, 0.15) is 67.9 Å². The maximum Gasteiger partial charge on any atom is 0.508 e. The third-order valence-electron chi connectivity index (χ3n) is 4.48. The maximum absolute atomic E-state index is 12.5. The van der Waals surface area contributed by atoms with Gasteiger partial charge < -0.3 is 29.4 Å². The lowest BCUT2D eigenvalue weighted by atomic mass is 9.97. The molecule has 0 heterocycles. The Labute approximate surface area is 212 Å². The molecule has 10 heteroatoms. The molecule has 1 rings (SSSR count). The molecule has 0 amide bonds. The fraction of sp³-hybridized carbons (Fsp3) is 0.615. The van der Waals surface area contributed by atoms with Crippen LogP contribution in [0.5, 0.6) is 11.5 Å². The molecule has 10 nitrogen and oxygen atoms in total. The number of rotatable bonds is 9. The third-order valence-corrected chi connectivity index (χ3v) is 4.48. The minimum Gasteiger partial charge on any atom is -0.458 e. The number of esters is 3. The van der Waals surface area contributed by atoms with E-state index >= 15 is 0 Å². The molecule has 0 radical (unpaired) electrons. The quantitative estimate of drug-likeness (QED) is 0.384. The number of carbonyl (C=O) groups is 4. The minimum atomic E-state index is -1.05. The van der Waals surface area contributed by atoms with Crippen LogP contribution < -0.4 is 15.2 Å². The highest BCUT2D eigenvalue weighted by Gasteiger charge is 2.29. The van der Waals surface area contributed by atoms with E-state index in [1.807, 2.05) is 0 Å². The van der Waals surface area contributed by atoms with E-state index in [0.717, 1.165) is 0 Å². The lowest BCUT2D eigenvalue weighted by Crippen LogP contribution is -2.37. The second-order valence-corrected chi connectivity index (χ2v) is 10.8. The molecule has 202 valence electrons. The summed E-state index contributed by atoms with van der Waals surface area (Å²) in [6, 6.07) is 3.54. The predicted octanol–water partition coefficient (Wildman–Crippen LogP) is 3.95. The first-order valence-corrected chi connectivity index (χ1v) is 11.8. The van der Waals surface area contributed by atoms with E-state index in [0.29, 0.717) is 5.56 Å². The lowest BCUT2D eigenvalue weighted by molar-refractivity contribution is -0.152. The fourth-order valence-corrected chi connectivity index (χ4v) is 2.42. The summed E-state index contributed by atoms with van der Waals surface area (Å²) >= 11 is 0. The largest absolute Gasteiger partial charge is 0.508 e. The average Bonchev–Trinajstić information content (AvgIpc) is 2.72. The van der Waals surface area contributed by atoms with Gasteiger partial charge in [0.05, 0.1) is 16.9 Å². The molecular formula is C26H39NO9. The molecule has 36 heavy (non-hydrogen) atoms. The molecule has 1 aromatic carbocycles. The summed E-state index contributed by atoms with van der Waals surface area (Å²) in [6.45, 7) is 14.9. The molecule has 1 aromatic rings. The van der Waals surface area contributed by atoms with Gasteiger partial charge in [-0.3, -0.25) is 14.4 Å². The molecule has 0 aromatic heterocycles. The van der Waals surface area contributed by atoms with Crippen molar-refractivity contribution in [1.82, 2.24) is 0 Å². The van der Waals surface area contributed by atoms with Crippen LogP contribution in [0, 0.1) is 10.8 Å². The van der Waals surface area contributed by atoms with Gasteiger partial charge >= 0.3 is 24.1 Å². The molecule has 0 aliphatic heterocycles. The summed E-state index contributed by atoms with van der Waals surface area (Å²) in [7, 11) is 0. The number of carbonyl (C=O) groups excluding carboxylic acids is 4. The Hall–Kier alpha value is -3.14. The van der Waals surface area contributed by atoms with Crippen molar-refractivity contribution in [2.24, 2.45) is 16.6 Å². The average molecular weight is 510 g/mol. The number of hydrogen-bond donors (Lipinski definition) is 1. The number of ether oxygens (including phenoxy) is 5. The van der Waals surface area contributed by atoms with Gasteiger partial charge in [-0.2, -0.15) is 0 Å². The van der Waals surface area contributed by atoms with E-state index in [4.69, 9.17) is 29.4 Å². The van der Waals surface area contributed by atoms with Crippen molar-refractivity contribution in [3.8, 4) is 11.5 Å². The first-order chi connectivity index (χ1) is 16.4. The summed E-state index contributed by atoms with van der Waals surface area (Å²) in [6.07, 6.45) is -1.89. The van der Waals surface area contributed by atoms with Gasteiger partial charge in [-0.15, -0.1) is 0 Å². The number of hydrogen-bond acceptors (Lipinski definition) is 10. The van der Waals surface area contributed by atoms with Gasteiger partial charge in [0.15, 0.2) is 11.5 Å². The molecule has 0 spiro atoms. The lowest BCUT2D eigenvalue weighted by Gasteiger charge is -2.21. The molecule has 2 atom stereocenters. The van der Waals surface area contributed by atoms with Crippen molar-refractivity contribution in [3.63, 3.8) is 0 Å². The van der Waals surface area contributed by atoms with Crippen molar-refractivity contribution in [2.75, 3.05) is 6.61 Å². The van der Waals surface area contributed by atoms with Crippen LogP contribution in [-0.4, -0.2) is 48.9 Å². The maximum atomic E-state index is 12.5. The Morgan fingerprint density at radius 3 is 1.86 bits per heavy atom. The summed E-state index contributed by atoms with van der Waals surface area (Å²) in [4.78, 5) is 48.8. The van der Waals surface area contributed by atoms with Crippen LogP contribution in [0.25, 0.3) is 0 Å². The zero-order valence-corrected chi connectivity index (χ0v) is 22.6. The molecule has 0 aliphatic carbocycles. The first kappa shape index (κ1) is 30.9. The predicted molar refractivity (Wildman–Crippen MR) is 131 cm³/mol. The molecule has 2 N–H and O–H groups in total. The smallest absolute Gasteiger partial charge is 0.458 e. The van der Waals surface area contributed by atoms with Crippen molar-refractivity contribution < 1.29 is 42.9 Å². The third kappa shape index (κ3) is 10.6. The zero-order valence-electron chi connectivity index (χ0n) is 22.6. The molecular weight excluding hydrogens is 470 g/mol. The van der Waals surface area contributed by atoms with E-state index in [1.54, 1.807) is 68.4 Å². The van der Waals surface area contributed by atoms with Gasteiger partial charge in [0.2, 0.25) is 0 Å². The van der Waals surface area contributed by atoms with Crippen LogP contribution in [0.3, 0.4) is 0 Å². The molecule has 0 saturated heterocycles. The minimum absolute atomic E-state index is 0.0380. The fourth-order valence-electron chi connectivity index (χ4n) is 2.42. The van der Waals surface area contributed by atoms with E-state index < -0.39 is 47.0 Å². The zero-order chi connectivity index (χ0) is 27.8. The standard InChI is InChI=1S/C26H39NO9/c1-15(2)33-24(31)32-14-16(3)34-21(28)18(27)12-17-10-11-19(35-22(29)25(4,5)6)20(13-17)36-23(30)26(7,8)9/h10-11,13,15-16,18H,12,14,27H2,1-9H3/t16-,18-/m0/s1. The number of benzene rings is 1. The van der Waals surface area contributed by atoms with E-state index in [1.165, 1.54) is 12.1 Å². The summed E-state index contributed by atoms with van der Waals surface area (Å²) in [5, 5.41) is 0. The van der Waals surface area contributed by atoms with Gasteiger partial charge in [0.1, 0.15) is 18.8 Å². The normalized spacial score (nSPS) is 13.4. The first-order valence-electron chi connectivity index (χ1n) is 11.8. The molecule has 0 fully saturated rings. The monoisotopic (exact) mass is 509 g/mol. The van der Waals surface area contributed by atoms with Crippen LogP contribution in [0.2, 0.25) is 0 Å². The van der Waals surface area contributed by atoms with Gasteiger partial charge in [0.25, 0.3) is 0 Å². The Morgan fingerprint density at radius 1 is 0.833 bits per heavy atom. The second-order valence-electron chi connectivity index (χ2n) is 10.8. The summed E-state index contributed by atoms with van der Waals surface area (Å²) in [5.41, 5.74) is 4.99. The van der Waals surface area contributed by atoms with Gasteiger partial charge in [-0.05, 0) is 86.4 Å². The van der Waals surface area contributed by atoms with Crippen LogP contribution in [0.4, 0.5) is 4.79 Å². The Bertz CT molecular complexity index is 942. The second kappa shape index (κ2) is 12.7. The summed E-state index contributed by atoms with van der Waals surface area (Å²) < 4.78 is 26.0. The Morgan fingerprint density at radius 2 is 1.36 bits per heavy atom. The molecule has 0 saturated carbocycles.